The van der Waals surface area contributed by atoms with E-state index in [1.807, 2.05) is 48.5 Å². The SMILES string of the molecule is COC(O)c1[nH]c2ccc(-c3ccccc3)cc2c1-c1ccccc1. The summed E-state index contributed by atoms with van der Waals surface area (Å²) in [5, 5.41) is 11.4. The Bertz CT molecular complexity index is 991. The van der Waals surface area contributed by atoms with Crippen LogP contribution in [-0.4, -0.2) is 17.2 Å². The number of aromatic amines is 1. The highest BCUT2D eigenvalue weighted by molar-refractivity contribution is 5.99. The summed E-state index contributed by atoms with van der Waals surface area (Å²) in [6.45, 7) is 0. The van der Waals surface area contributed by atoms with Crippen LogP contribution in [0.3, 0.4) is 0 Å². The van der Waals surface area contributed by atoms with Crippen molar-refractivity contribution in [2.24, 2.45) is 0 Å². The van der Waals surface area contributed by atoms with Crippen molar-refractivity contribution in [3.8, 4) is 22.3 Å². The quantitative estimate of drug-likeness (QED) is 0.509. The van der Waals surface area contributed by atoms with Gasteiger partial charge in [0.25, 0.3) is 0 Å². The number of hydrogen-bond donors (Lipinski definition) is 2. The van der Waals surface area contributed by atoms with Crippen LogP contribution in [0.2, 0.25) is 0 Å². The van der Waals surface area contributed by atoms with Crippen molar-refractivity contribution in [1.82, 2.24) is 4.98 Å². The molecule has 3 aromatic carbocycles. The van der Waals surface area contributed by atoms with E-state index in [0.29, 0.717) is 5.69 Å². The molecular formula is C22H19NO2. The van der Waals surface area contributed by atoms with Gasteiger partial charge in [-0.25, -0.2) is 0 Å². The lowest BCUT2D eigenvalue weighted by molar-refractivity contribution is -0.0790. The Labute approximate surface area is 146 Å². The van der Waals surface area contributed by atoms with Gasteiger partial charge in [-0.1, -0.05) is 66.7 Å². The topological polar surface area (TPSA) is 45.2 Å². The predicted octanol–water partition coefficient (Wildman–Crippen LogP) is 5.14. The van der Waals surface area contributed by atoms with Crippen molar-refractivity contribution in [2.75, 3.05) is 7.11 Å². The van der Waals surface area contributed by atoms with Gasteiger partial charge in [-0.15, -0.1) is 0 Å². The summed E-state index contributed by atoms with van der Waals surface area (Å²) in [5.74, 6) is 0. The molecule has 0 aliphatic rings. The lowest BCUT2D eigenvalue weighted by atomic mass is 9.98. The number of benzene rings is 3. The summed E-state index contributed by atoms with van der Waals surface area (Å²) >= 11 is 0. The lowest BCUT2D eigenvalue weighted by Crippen LogP contribution is -2.01. The van der Waals surface area contributed by atoms with E-state index >= 15 is 0 Å². The summed E-state index contributed by atoms with van der Waals surface area (Å²) in [4.78, 5) is 3.32. The van der Waals surface area contributed by atoms with Gasteiger partial charge in [-0.3, -0.25) is 0 Å². The van der Waals surface area contributed by atoms with Crippen molar-refractivity contribution in [3.05, 3.63) is 84.6 Å². The van der Waals surface area contributed by atoms with E-state index in [1.165, 1.54) is 12.7 Å². The first-order valence-corrected chi connectivity index (χ1v) is 8.25. The Hall–Kier alpha value is -2.88. The second kappa shape index (κ2) is 6.55. The summed E-state index contributed by atoms with van der Waals surface area (Å²) in [7, 11) is 1.50. The Morgan fingerprint density at radius 3 is 2.08 bits per heavy atom. The van der Waals surface area contributed by atoms with Crippen LogP contribution >= 0.6 is 0 Å². The maximum atomic E-state index is 10.3. The van der Waals surface area contributed by atoms with Crippen LogP contribution in [0.1, 0.15) is 12.0 Å². The normalized spacial score (nSPS) is 12.4. The highest BCUT2D eigenvalue weighted by atomic mass is 16.6. The van der Waals surface area contributed by atoms with Crippen LogP contribution in [0.25, 0.3) is 33.2 Å². The Balaban J connectivity index is 1.98. The number of methoxy groups -OCH3 is 1. The molecule has 3 nitrogen and oxygen atoms in total. The number of nitrogens with one attached hydrogen (secondary N) is 1. The van der Waals surface area contributed by atoms with Gasteiger partial charge in [-0.05, 0) is 28.8 Å². The van der Waals surface area contributed by atoms with Gasteiger partial charge in [-0.2, -0.15) is 0 Å². The highest BCUT2D eigenvalue weighted by Crippen LogP contribution is 2.37. The van der Waals surface area contributed by atoms with E-state index in [1.54, 1.807) is 0 Å². The van der Waals surface area contributed by atoms with Crippen molar-refractivity contribution in [2.45, 2.75) is 6.29 Å². The van der Waals surface area contributed by atoms with Crippen LogP contribution < -0.4 is 0 Å². The first-order valence-electron chi connectivity index (χ1n) is 8.25. The molecule has 0 radical (unpaired) electrons. The van der Waals surface area contributed by atoms with Crippen LogP contribution in [0, 0.1) is 0 Å². The average molecular weight is 329 g/mol. The molecular weight excluding hydrogens is 310 g/mol. The van der Waals surface area contributed by atoms with Crippen LogP contribution in [0.4, 0.5) is 0 Å². The molecule has 0 saturated heterocycles. The van der Waals surface area contributed by atoms with Crippen LogP contribution in [0.5, 0.6) is 0 Å². The molecule has 4 rings (SSSR count). The van der Waals surface area contributed by atoms with E-state index in [4.69, 9.17) is 4.74 Å². The zero-order chi connectivity index (χ0) is 17.2. The van der Waals surface area contributed by atoms with Gasteiger partial charge in [0.15, 0.2) is 6.29 Å². The minimum atomic E-state index is -0.997. The van der Waals surface area contributed by atoms with Gasteiger partial charge in [0.2, 0.25) is 0 Å². The largest absolute Gasteiger partial charge is 0.363 e. The van der Waals surface area contributed by atoms with E-state index < -0.39 is 6.29 Å². The zero-order valence-electron chi connectivity index (χ0n) is 13.9. The predicted molar refractivity (Wildman–Crippen MR) is 101 cm³/mol. The maximum Gasteiger partial charge on any atom is 0.196 e. The third-order valence-corrected chi connectivity index (χ3v) is 4.47. The van der Waals surface area contributed by atoms with E-state index in [-0.39, 0.29) is 0 Å². The fraction of sp³-hybridized carbons (Fsp3) is 0.0909. The van der Waals surface area contributed by atoms with Gasteiger partial charge >= 0.3 is 0 Å². The molecule has 4 aromatic rings. The van der Waals surface area contributed by atoms with Gasteiger partial charge in [0.1, 0.15) is 0 Å². The molecule has 0 amide bonds. The van der Waals surface area contributed by atoms with E-state index in [9.17, 15) is 5.11 Å². The molecule has 1 atom stereocenters. The summed E-state index contributed by atoms with van der Waals surface area (Å²) in [6.07, 6.45) is -0.997. The third kappa shape index (κ3) is 2.84. The summed E-state index contributed by atoms with van der Waals surface area (Å²) in [6, 6.07) is 26.7. The molecule has 0 saturated carbocycles. The Kier molecular flexibility index (Phi) is 4.10. The maximum absolute atomic E-state index is 10.3. The highest BCUT2D eigenvalue weighted by Gasteiger charge is 2.19. The number of hydrogen-bond acceptors (Lipinski definition) is 2. The molecule has 25 heavy (non-hydrogen) atoms. The number of fused-ring (bicyclic) bond motifs is 1. The summed E-state index contributed by atoms with van der Waals surface area (Å²) < 4.78 is 5.17. The fourth-order valence-electron chi connectivity index (χ4n) is 3.24. The standard InChI is InChI=1S/C22H19NO2/c1-25-22(24)21-20(16-10-6-3-7-11-16)18-14-17(12-13-19(18)23-21)15-8-4-2-5-9-15/h2-14,22-24H,1H3. The van der Waals surface area contributed by atoms with Crippen molar-refractivity contribution in [1.29, 1.82) is 0 Å². The first-order chi connectivity index (χ1) is 12.3. The number of rotatable bonds is 4. The minimum Gasteiger partial charge on any atom is -0.363 e. The number of aliphatic hydroxyl groups is 1. The molecule has 124 valence electrons. The van der Waals surface area contributed by atoms with Gasteiger partial charge < -0.3 is 14.8 Å². The second-order valence-electron chi connectivity index (χ2n) is 5.99. The second-order valence-corrected chi connectivity index (χ2v) is 5.99. The minimum absolute atomic E-state index is 0.675. The van der Waals surface area contributed by atoms with Gasteiger partial charge in [0, 0.05) is 23.6 Å². The molecule has 0 bridgehead atoms. The fourth-order valence-corrected chi connectivity index (χ4v) is 3.24. The van der Waals surface area contributed by atoms with Crippen molar-refractivity contribution < 1.29 is 9.84 Å². The van der Waals surface area contributed by atoms with E-state index in [0.717, 1.165) is 27.6 Å². The number of H-pyrrole nitrogens is 1. The molecule has 3 heteroatoms. The van der Waals surface area contributed by atoms with Crippen LogP contribution in [-0.2, 0) is 4.74 Å². The molecule has 1 aromatic heterocycles. The van der Waals surface area contributed by atoms with Crippen molar-refractivity contribution >= 4 is 10.9 Å². The molecule has 1 unspecified atom stereocenters. The molecule has 0 aliphatic heterocycles. The zero-order valence-corrected chi connectivity index (χ0v) is 13.9. The average Bonchev–Trinajstić information content (AvgIpc) is 3.07. The van der Waals surface area contributed by atoms with Crippen LogP contribution in [0.15, 0.2) is 78.9 Å². The van der Waals surface area contributed by atoms with Crippen molar-refractivity contribution in [3.63, 3.8) is 0 Å². The van der Waals surface area contributed by atoms with E-state index in [2.05, 4.69) is 35.3 Å². The monoisotopic (exact) mass is 329 g/mol. The molecule has 0 spiro atoms. The Morgan fingerprint density at radius 1 is 0.800 bits per heavy atom. The molecule has 0 fully saturated rings. The van der Waals surface area contributed by atoms with Gasteiger partial charge in [0.05, 0.1) is 5.69 Å². The first kappa shape index (κ1) is 15.6. The summed E-state index contributed by atoms with van der Waals surface area (Å²) in [5.41, 5.74) is 5.98. The molecule has 0 aliphatic carbocycles. The number of ether oxygens (including phenoxy) is 1. The number of aromatic nitrogens is 1. The third-order valence-electron chi connectivity index (χ3n) is 4.47. The molecule has 2 N–H and O–H groups in total. The molecule has 1 heterocycles. The number of aliphatic hydroxyl groups excluding tert-OH is 1. The smallest absolute Gasteiger partial charge is 0.196 e. The Morgan fingerprint density at radius 2 is 1.44 bits per heavy atom. The lowest BCUT2D eigenvalue weighted by Gasteiger charge is -2.10.